The molecule has 0 radical (unpaired) electrons. The van der Waals surface area contributed by atoms with Gasteiger partial charge in [0.05, 0.1) is 18.0 Å². The van der Waals surface area contributed by atoms with Gasteiger partial charge in [-0.2, -0.15) is 31.6 Å². The van der Waals surface area contributed by atoms with Crippen LogP contribution in [0.15, 0.2) is 28.7 Å². The molecule has 3 atom stereocenters. The first kappa shape index (κ1) is 23.2. The van der Waals surface area contributed by atoms with E-state index in [1.165, 1.54) is 12.1 Å². The van der Waals surface area contributed by atoms with Crippen molar-refractivity contribution in [1.29, 1.82) is 5.26 Å². The van der Waals surface area contributed by atoms with E-state index in [0.29, 0.717) is 4.47 Å². The van der Waals surface area contributed by atoms with E-state index >= 15 is 0 Å². The largest absolute Gasteiger partial charge is 0.407 e. The Morgan fingerprint density at radius 1 is 1.15 bits per heavy atom. The first-order valence-electron chi connectivity index (χ1n) is 7.65. The van der Waals surface area contributed by atoms with E-state index in [2.05, 4.69) is 15.9 Å². The molecule has 1 unspecified atom stereocenters. The molecule has 0 aliphatic heterocycles. The van der Waals surface area contributed by atoms with Crippen LogP contribution in [0.4, 0.5) is 26.3 Å². The first-order valence-corrected chi connectivity index (χ1v) is 8.45. The summed E-state index contributed by atoms with van der Waals surface area (Å²) in [6, 6.07) is 2.37. The highest BCUT2D eigenvalue weighted by Gasteiger charge is 2.45. The SMILES string of the molecule is CC(C[C@H](N[C@@H](c1ccc(Br)cc1)C(F)(F)F)C(=O)NCC#N)C(F)(F)F. The van der Waals surface area contributed by atoms with Crippen molar-refractivity contribution in [3.63, 3.8) is 0 Å². The molecule has 0 aliphatic rings. The van der Waals surface area contributed by atoms with E-state index in [4.69, 9.17) is 5.26 Å². The molecule has 0 saturated heterocycles. The Labute approximate surface area is 160 Å². The second-order valence-electron chi connectivity index (χ2n) is 5.80. The van der Waals surface area contributed by atoms with Gasteiger partial charge in [0.15, 0.2) is 0 Å². The standard InChI is InChI=1S/C16H16BrF6N3O/c1-9(15(18,19)20)8-12(14(27)25-7-6-24)26-13(16(21,22)23)10-2-4-11(17)5-3-10/h2-5,9,12-13,26H,7-8H2,1H3,(H,25,27)/t9?,12-,13-/m0/s1. The molecule has 2 N–H and O–H groups in total. The van der Waals surface area contributed by atoms with Crippen molar-refractivity contribution in [3.05, 3.63) is 34.3 Å². The Kier molecular flexibility index (Phi) is 8.10. The van der Waals surface area contributed by atoms with Crippen molar-refractivity contribution in [1.82, 2.24) is 10.6 Å². The predicted octanol–water partition coefficient (Wildman–Crippen LogP) is 4.24. The lowest BCUT2D eigenvalue weighted by Gasteiger charge is -2.29. The third kappa shape index (κ3) is 7.38. The second kappa shape index (κ2) is 9.41. The Hall–Kier alpha value is -1.80. The number of nitriles is 1. The van der Waals surface area contributed by atoms with Crippen LogP contribution in [-0.2, 0) is 4.79 Å². The van der Waals surface area contributed by atoms with Crippen LogP contribution < -0.4 is 10.6 Å². The minimum atomic E-state index is -4.86. The van der Waals surface area contributed by atoms with Crippen LogP contribution in [0.5, 0.6) is 0 Å². The summed E-state index contributed by atoms with van der Waals surface area (Å²) in [5.41, 5.74) is -0.261. The number of hydrogen-bond donors (Lipinski definition) is 2. The van der Waals surface area contributed by atoms with E-state index in [9.17, 15) is 31.1 Å². The number of nitrogens with one attached hydrogen (secondary N) is 2. The smallest absolute Gasteiger partial charge is 0.342 e. The van der Waals surface area contributed by atoms with Gasteiger partial charge in [0.25, 0.3) is 0 Å². The van der Waals surface area contributed by atoms with Crippen molar-refractivity contribution >= 4 is 21.8 Å². The number of halogens is 7. The maximum absolute atomic E-state index is 13.5. The van der Waals surface area contributed by atoms with E-state index in [0.717, 1.165) is 19.1 Å². The Morgan fingerprint density at radius 3 is 2.15 bits per heavy atom. The molecule has 11 heteroatoms. The molecule has 0 fully saturated rings. The summed E-state index contributed by atoms with van der Waals surface area (Å²) in [7, 11) is 0. The maximum Gasteiger partial charge on any atom is 0.407 e. The average Bonchev–Trinajstić information content (AvgIpc) is 2.55. The summed E-state index contributed by atoms with van der Waals surface area (Å²) in [4.78, 5) is 12.0. The third-order valence-electron chi connectivity index (χ3n) is 3.70. The molecule has 0 heterocycles. The van der Waals surface area contributed by atoms with E-state index < -0.39 is 49.2 Å². The molecular weight excluding hydrogens is 444 g/mol. The first-order chi connectivity index (χ1) is 12.4. The lowest BCUT2D eigenvalue weighted by Crippen LogP contribution is -2.50. The quantitative estimate of drug-likeness (QED) is 0.473. The second-order valence-corrected chi connectivity index (χ2v) is 6.72. The Balaban J connectivity index is 3.15. The van der Waals surface area contributed by atoms with Gasteiger partial charge in [-0.05, 0) is 24.1 Å². The van der Waals surface area contributed by atoms with Crippen molar-refractivity contribution in [2.24, 2.45) is 5.92 Å². The third-order valence-corrected chi connectivity index (χ3v) is 4.23. The van der Waals surface area contributed by atoms with E-state index in [1.807, 2.05) is 10.6 Å². The highest BCUT2D eigenvalue weighted by atomic mass is 79.9. The summed E-state index contributed by atoms with van der Waals surface area (Å²) in [5.74, 6) is -3.14. The molecule has 0 aliphatic carbocycles. The van der Waals surface area contributed by atoms with Crippen LogP contribution in [0.2, 0.25) is 0 Å². The summed E-state index contributed by atoms with van der Waals surface area (Å²) < 4.78 is 79.4. The van der Waals surface area contributed by atoms with Gasteiger partial charge in [-0.1, -0.05) is 35.0 Å². The maximum atomic E-state index is 13.5. The van der Waals surface area contributed by atoms with Crippen molar-refractivity contribution in [2.45, 2.75) is 37.8 Å². The number of alkyl halides is 6. The fourth-order valence-electron chi connectivity index (χ4n) is 2.22. The van der Waals surface area contributed by atoms with Crippen LogP contribution in [0.3, 0.4) is 0 Å². The zero-order valence-electron chi connectivity index (χ0n) is 14.0. The summed E-state index contributed by atoms with van der Waals surface area (Å²) in [6.45, 7) is 0.237. The molecule has 150 valence electrons. The van der Waals surface area contributed by atoms with Crippen LogP contribution in [-0.4, -0.2) is 30.8 Å². The Bertz CT molecular complexity index is 669. The zero-order chi connectivity index (χ0) is 20.8. The minimum Gasteiger partial charge on any atom is -0.342 e. The van der Waals surface area contributed by atoms with Crippen molar-refractivity contribution < 1.29 is 31.1 Å². The molecule has 1 amide bonds. The topological polar surface area (TPSA) is 64.9 Å². The molecule has 1 rings (SSSR count). The molecule has 27 heavy (non-hydrogen) atoms. The number of nitrogens with zero attached hydrogens (tertiary/aromatic N) is 1. The number of benzene rings is 1. The van der Waals surface area contributed by atoms with Gasteiger partial charge in [-0.15, -0.1) is 0 Å². The molecule has 1 aromatic carbocycles. The highest BCUT2D eigenvalue weighted by Crippen LogP contribution is 2.35. The summed E-state index contributed by atoms with van der Waals surface area (Å²) in [6.07, 6.45) is -10.5. The predicted molar refractivity (Wildman–Crippen MR) is 88.3 cm³/mol. The zero-order valence-corrected chi connectivity index (χ0v) is 15.5. The van der Waals surface area contributed by atoms with Gasteiger partial charge in [0.2, 0.25) is 5.91 Å². The molecule has 0 spiro atoms. The van der Waals surface area contributed by atoms with E-state index in [1.54, 1.807) is 6.07 Å². The fourth-order valence-corrected chi connectivity index (χ4v) is 2.49. The van der Waals surface area contributed by atoms with E-state index in [-0.39, 0.29) is 5.56 Å². The van der Waals surface area contributed by atoms with Crippen molar-refractivity contribution in [2.75, 3.05) is 6.54 Å². The van der Waals surface area contributed by atoms with Crippen molar-refractivity contribution in [3.8, 4) is 6.07 Å². The molecule has 0 bridgehead atoms. The normalized spacial score (nSPS) is 15.5. The van der Waals surface area contributed by atoms with Crippen LogP contribution in [0.1, 0.15) is 24.9 Å². The minimum absolute atomic E-state index is 0.261. The number of rotatable bonds is 7. The lowest BCUT2D eigenvalue weighted by molar-refractivity contribution is -0.177. The molecule has 1 aromatic rings. The lowest BCUT2D eigenvalue weighted by atomic mass is 9.98. The average molecular weight is 460 g/mol. The monoisotopic (exact) mass is 459 g/mol. The molecular formula is C16H16BrF6N3O. The molecule has 4 nitrogen and oxygen atoms in total. The number of amides is 1. The number of hydrogen-bond acceptors (Lipinski definition) is 3. The van der Waals surface area contributed by atoms with Gasteiger partial charge in [-0.25, -0.2) is 0 Å². The molecule has 0 aromatic heterocycles. The summed E-state index contributed by atoms with van der Waals surface area (Å²) in [5, 5.41) is 12.5. The summed E-state index contributed by atoms with van der Waals surface area (Å²) >= 11 is 3.08. The highest BCUT2D eigenvalue weighted by molar-refractivity contribution is 9.10. The fraction of sp³-hybridized carbons (Fsp3) is 0.500. The van der Waals surface area contributed by atoms with Crippen LogP contribution >= 0.6 is 15.9 Å². The number of carbonyl (C=O) groups excluding carboxylic acids is 1. The number of carbonyl (C=O) groups is 1. The van der Waals surface area contributed by atoms with Gasteiger partial charge in [0, 0.05) is 4.47 Å². The van der Waals surface area contributed by atoms with Gasteiger partial charge < -0.3 is 5.32 Å². The van der Waals surface area contributed by atoms with Crippen LogP contribution in [0.25, 0.3) is 0 Å². The van der Waals surface area contributed by atoms with Gasteiger partial charge in [0.1, 0.15) is 12.6 Å². The Morgan fingerprint density at radius 2 is 1.70 bits per heavy atom. The van der Waals surface area contributed by atoms with Crippen LogP contribution in [0, 0.1) is 17.2 Å². The van der Waals surface area contributed by atoms with Gasteiger partial charge in [-0.3, -0.25) is 10.1 Å². The molecule has 0 saturated carbocycles. The van der Waals surface area contributed by atoms with Gasteiger partial charge >= 0.3 is 12.4 Å².